The predicted octanol–water partition coefficient (Wildman–Crippen LogP) is 1.37. The van der Waals surface area contributed by atoms with E-state index < -0.39 is 11.9 Å². The lowest BCUT2D eigenvalue weighted by atomic mass is 10.2. The van der Waals surface area contributed by atoms with Crippen molar-refractivity contribution in [3.63, 3.8) is 0 Å². The van der Waals surface area contributed by atoms with Gasteiger partial charge >= 0.3 is 6.03 Å². The summed E-state index contributed by atoms with van der Waals surface area (Å²) in [6.45, 7) is 1.96. The minimum Gasteiger partial charge on any atom is -0.333 e. The van der Waals surface area contributed by atoms with Crippen molar-refractivity contribution in [1.82, 2.24) is 40.1 Å². The number of urea groups is 1. The number of imidazole rings is 2. The zero-order valence-corrected chi connectivity index (χ0v) is 15.5. The molecule has 0 aliphatic rings. The number of nitrogens with zero attached hydrogens (tertiary/aromatic N) is 5. The molecule has 146 valence electrons. The van der Waals surface area contributed by atoms with Crippen LogP contribution in [0.15, 0.2) is 61.4 Å². The van der Waals surface area contributed by atoms with Gasteiger partial charge < -0.3 is 5.32 Å². The standard InChI is InChI=1S/C19H18N8O2/c1-13-16(27-9-3-2-6-15(27)23-13)18(28)24-25-19(29)22-11-14-5-4-7-21-17(14)26-10-8-20-12-26/h2-10,12H,11H2,1H3,(H,24,28)(H2,22,25,29). The lowest BCUT2D eigenvalue weighted by Crippen LogP contribution is -2.47. The highest BCUT2D eigenvalue weighted by Crippen LogP contribution is 2.12. The lowest BCUT2D eigenvalue weighted by Gasteiger charge is -2.11. The fraction of sp³-hybridized carbons (Fsp3) is 0.105. The first-order valence-corrected chi connectivity index (χ1v) is 8.83. The van der Waals surface area contributed by atoms with E-state index in [4.69, 9.17) is 0 Å². The number of hydrazine groups is 1. The minimum absolute atomic E-state index is 0.220. The van der Waals surface area contributed by atoms with Crippen LogP contribution in [0.5, 0.6) is 0 Å². The molecule has 3 N–H and O–H groups in total. The smallest absolute Gasteiger partial charge is 0.333 e. The first-order valence-electron chi connectivity index (χ1n) is 8.83. The maximum atomic E-state index is 12.5. The van der Waals surface area contributed by atoms with Gasteiger partial charge in [0.1, 0.15) is 23.5 Å². The molecule has 0 saturated carbocycles. The lowest BCUT2D eigenvalue weighted by molar-refractivity contribution is 0.0929. The molecule has 0 fully saturated rings. The number of nitrogens with one attached hydrogen (secondary N) is 3. The summed E-state index contributed by atoms with van der Waals surface area (Å²) >= 11 is 0. The summed E-state index contributed by atoms with van der Waals surface area (Å²) in [4.78, 5) is 37.3. The molecule has 29 heavy (non-hydrogen) atoms. The molecule has 0 aliphatic heterocycles. The maximum absolute atomic E-state index is 12.5. The Bertz CT molecular complexity index is 1170. The second-order valence-corrected chi connectivity index (χ2v) is 6.19. The number of pyridine rings is 2. The molecule has 4 rings (SSSR count). The molecule has 0 unspecified atom stereocenters. The van der Waals surface area contributed by atoms with E-state index in [-0.39, 0.29) is 6.54 Å². The van der Waals surface area contributed by atoms with Crippen molar-refractivity contribution in [3.05, 3.63) is 78.4 Å². The van der Waals surface area contributed by atoms with E-state index in [2.05, 4.69) is 31.1 Å². The SMILES string of the molecule is Cc1nc2ccccn2c1C(=O)NNC(=O)NCc1cccnc1-n1ccnc1. The van der Waals surface area contributed by atoms with Crippen LogP contribution in [0, 0.1) is 6.92 Å². The zero-order chi connectivity index (χ0) is 20.2. The Hall–Kier alpha value is -4.21. The van der Waals surface area contributed by atoms with E-state index in [0.717, 1.165) is 5.56 Å². The van der Waals surface area contributed by atoms with Gasteiger partial charge in [-0.05, 0) is 25.1 Å². The number of carbonyl (C=O) groups is 2. The van der Waals surface area contributed by atoms with Crippen LogP contribution in [0.2, 0.25) is 0 Å². The summed E-state index contributed by atoms with van der Waals surface area (Å²) in [5, 5.41) is 2.69. The van der Waals surface area contributed by atoms with Gasteiger partial charge in [0.25, 0.3) is 5.91 Å². The Morgan fingerprint density at radius 1 is 1.07 bits per heavy atom. The molecule has 0 atom stereocenters. The Balaban J connectivity index is 1.38. The van der Waals surface area contributed by atoms with E-state index in [1.807, 2.05) is 12.1 Å². The molecule has 3 amide bonds. The number of hydrogen-bond donors (Lipinski definition) is 3. The highest BCUT2D eigenvalue weighted by Gasteiger charge is 2.17. The van der Waals surface area contributed by atoms with E-state index in [0.29, 0.717) is 22.9 Å². The first-order chi connectivity index (χ1) is 14.1. The Morgan fingerprint density at radius 2 is 1.97 bits per heavy atom. The van der Waals surface area contributed by atoms with Crippen molar-refractivity contribution in [3.8, 4) is 5.82 Å². The van der Waals surface area contributed by atoms with Crippen LogP contribution in [0.3, 0.4) is 0 Å². The maximum Gasteiger partial charge on any atom is 0.333 e. The topological polar surface area (TPSA) is 118 Å². The van der Waals surface area contributed by atoms with Crippen LogP contribution in [0.25, 0.3) is 11.5 Å². The number of hydrogen-bond acceptors (Lipinski definition) is 5. The molecule has 10 heteroatoms. The van der Waals surface area contributed by atoms with Gasteiger partial charge in [0, 0.05) is 36.9 Å². The molecule has 4 heterocycles. The average molecular weight is 390 g/mol. The van der Waals surface area contributed by atoms with E-state index >= 15 is 0 Å². The normalized spacial score (nSPS) is 10.7. The van der Waals surface area contributed by atoms with Crippen LogP contribution in [0.1, 0.15) is 21.7 Å². The van der Waals surface area contributed by atoms with E-state index in [9.17, 15) is 9.59 Å². The van der Waals surface area contributed by atoms with Gasteiger partial charge in [0.2, 0.25) is 0 Å². The summed E-state index contributed by atoms with van der Waals surface area (Å²) in [7, 11) is 0. The third-order valence-electron chi connectivity index (χ3n) is 4.26. The van der Waals surface area contributed by atoms with Gasteiger partial charge in [-0.25, -0.2) is 25.2 Å². The summed E-state index contributed by atoms with van der Waals surface area (Å²) in [5.41, 5.74) is 7.14. The van der Waals surface area contributed by atoms with Crippen molar-refractivity contribution < 1.29 is 9.59 Å². The van der Waals surface area contributed by atoms with Crippen molar-refractivity contribution >= 4 is 17.6 Å². The molecule has 4 aromatic rings. The van der Waals surface area contributed by atoms with Crippen LogP contribution in [-0.2, 0) is 6.54 Å². The predicted molar refractivity (Wildman–Crippen MR) is 104 cm³/mol. The summed E-state index contributed by atoms with van der Waals surface area (Å²) in [6, 6.07) is 8.52. The quantitative estimate of drug-likeness (QED) is 0.455. The monoisotopic (exact) mass is 390 g/mol. The number of aryl methyl sites for hydroxylation is 1. The molecule has 0 bridgehead atoms. The van der Waals surface area contributed by atoms with Crippen LogP contribution in [-0.4, -0.2) is 35.9 Å². The first kappa shape index (κ1) is 18.2. The summed E-state index contributed by atoms with van der Waals surface area (Å²) in [6.07, 6.45) is 8.45. The average Bonchev–Trinajstić information content (AvgIpc) is 3.38. The second-order valence-electron chi connectivity index (χ2n) is 6.19. The molecule has 0 saturated heterocycles. The van der Waals surface area contributed by atoms with E-state index in [1.54, 1.807) is 65.2 Å². The summed E-state index contributed by atoms with van der Waals surface area (Å²) < 4.78 is 3.42. The van der Waals surface area contributed by atoms with Gasteiger partial charge in [-0.1, -0.05) is 12.1 Å². The molecule has 10 nitrogen and oxygen atoms in total. The second kappa shape index (κ2) is 7.80. The van der Waals surface area contributed by atoms with Gasteiger partial charge in [-0.2, -0.15) is 0 Å². The third-order valence-corrected chi connectivity index (χ3v) is 4.26. The van der Waals surface area contributed by atoms with Crippen molar-refractivity contribution in [1.29, 1.82) is 0 Å². The van der Waals surface area contributed by atoms with Crippen molar-refractivity contribution in [2.45, 2.75) is 13.5 Å². The number of carbonyl (C=O) groups excluding carboxylic acids is 2. The molecule has 0 radical (unpaired) electrons. The largest absolute Gasteiger partial charge is 0.333 e. The Labute approximate surface area is 165 Å². The minimum atomic E-state index is -0.551. The molecule has 4 aromatic heterocycles. The molecular formula is C19H18N8O2. The van der Waals surface area contributed by atoms with Crippen LogP contribution >= 0.6 is 0 Å². The molecular weight excluding hydrogens is 372 g/mol. The third kappa shape index (κ3) is 3.76. The zero-order valence-electron chi connectivity index (χ0n) is 15.5. The number of aromatic nitrogens is 5. The van der Waals surface area contributed by atoms with Gasteiger partial charge in [-0.3, -0.25) is 19.2 Å². The van der Waals surface area contributed by atoms with Crippen molar-refractivity contribution in [2.24, 2.45) is 0 Å². The van der Waals surface area contributed by atoms with Crippen molar-refractivity contribution in [2.75, 3.05) is 0 Å². The highest BCUT2D eigenvalue weighted by atomic mass is 16.2. The van der Waals surface area contributed by atoms with Crippen LogP contribution in [0.4, 0.5) is 4.79 Å². The number of amides is 3. The molecule has 0 spiro atoms. The fourth-order valence-electron chi connectivity index (χ4n) is 2.96. The van der Waals surface area contributed by atoms with Crippen LogP contribution < -0.4 is 16.2 Å². The summed E-state index contributed by atoms with van der Waals surface area (Å²) in [5.74, 6) is 0.201. The molecule has 0 aromatic carbocycles. The fourth-order valence-corrected chi connectivity index (χ4v) is 2.96. The molecule has 0 aliphatic carbocycles. The number of rotatable bonds is 4. The van der Waals surface area contributed by atoms with Gasteiger partial charge in [0.05, 0.1) is 5.69 Å². The van der Waals surface area contributed by atoms with Gasteiger partial charge in [-0.15, -0.1) is 0 Å². The number of fused-ring (bicyclic) bond motifs is 1. The Kier molecular flexibility index (Phi) is 4.89. The van der Waals surface area contributed by atoms with Gasteiger partial charge in [0.15, 0.2) is 0 Å². The Morgan fingerprint density at radius 3 is 2.79 bits per heavy atom. The van der Waals surface area contributed by atoms with E-state index in [1.165, 1.54) is 0 Å². The highest BCUT2D eigenvalue weighted by molar-refractivity contribution is 5.95.